The monoisotopic (exact) mass is 326 g/mol. The van der Waals surface area contributed by atoms with Crippen LogP contribution < -0.4 is 5.32 Å². The zero-order chi connectivity index (χ0) is 16.1. The molecule has 3 aromatic rings. The molecule has 0 aliphatic rings. The topological polar surface area (TPSA) is 77.0 Å². The largest absolute Gasteiger partial charge is 0.461 e. The van der Waals surface area contributed by atoms with Gasteiger partial charge in [0.2, 0.25) is 0 Å². The third kappa shape index (κ3) is 3.70. The minimum atomic E-state index is -0.479. The fourth-order valence-corrected chi connectivity index (χ4v) is 2.62. The van der Waals surface area contributed by atoms with Gasteiger partial charge in [0, 0.05) is 10.9 Å². The molecule has 2 heterocycles. The predicted molar refractivity (Wildman–Crippen MR) is 88.8 cm³/mol. The van der Waals surface area contributed by atoms with Gasteiger partial charge >= 0.3 is 5.97 Å². The number of nitrogens with zero attached hydrogens (tertiary/aromatic N) is 3. The summed E-state index contributed by atoms with van der Waals surface area (Å²) < 4.78 is 4.87. The number of anilines is 2. The van der Waals surface area contributed by atoms with Crippen LogP contribution in [0.2, 0.25) is 0 Å². The number of thiazole rings is 1. The third-order valence-electron chi connectivity index (χ3n) is 2.96. The van der Waals surface area contributed by atoms with Gasteiger partial charge in [0.25, 0.3) is 0 Å². The highest BCUT2D eigenvalue weighted by Crippen LogP contribution is 2.26. The fraction of sp³-hybridized carbons (Fsp3) is 0.125. The standard InChI is InChI=1S/C16H14N4O2S/c1-2-22-15(21)12-8-9-14(20-19-12)18-16-17-13(10-23-16)11-6-4-3-5-7-11/h3-10H,2H2,1H3,(H,17,18,20). The summed E-state index contributed by atoms with van der Waals surface area (Å²) in [5, 5.41) is 13.6. The maximum absolute atomic E-state index is 11.5. The van der Waals surface area contributed by atoms with Crippen LogP contribution in [0.1, 0.15) is 17.4 Å². The van der Waals surface area contributed by atoms with Crippen molar-refractivity contribution >= 4 is 28.3 Å². The Kier molecular flexibility index (Phi) is 4.58. The first-order valence-corrected chi connectivity index (χ1v) is 7.93. The Hall–Kier alpha value is -2.80. The van der Waals surface area contributed by atoms with Gasteiger partial charge < -0.3 is 10.1 Å². The summed E-state index contributed by atoms with van der Waals surface area (Å²) in [5.74, 6) is 0.0409. The van der Waals surface area contributed by atoms with Crippen LogP contribution in [0.3, 0.4) is 0 Å². The van der Waals surface area contributed by atoms with Crippen molar-refractivity contribution in [3.63, 3.8) is 0 Å². The molecule has 23 heavy (non-hydrogen) atoms. The summed E-state index contributed by atoms with van der Waals surface area (Å²) in [6, 6.07) is 13.2. The van der Waals surface area contributed by atoms with Gasteiger partial charge in [-0.3, -0.25) is 0 Å². The first-order chi connectivity index (χ1) is 11.3. The van der Waals surface area contributed by atoms with Gasteiger partial charge in [-0.2, -0.15) is 0 Å². The van der Waals surface area contributed by atoms with Crippen LogP contribution in [0, 0.1) is 0 Å². The molecule has 7 heteroatoms. The van der Waals surface area contributed by atoms with Crippen molar-refractivity contribution in [2.24, 2.45) is 0 Å². The number of ether oxygens (including phenoxy) is 1. The van der Waals surface area contributed by atoms with E-state index in [0.717, 1.165) is 11.3 Å². The summed E-state index contributed by atoms with van der Waals surface area (Å²) in [5.41, 5.74) is 2.14. The molecular weight excluding hydrogens is 312 g/mol. The highest BCUT2D eigenvalue weighted by molar-refractivity contribution is 7.14. The number of hydrogen-bond donors (Lipinski definition) is 1. The van der Waals surface area contributed by atoms with Gasteiger partial charge in [0.15, 0.2) is 16.6 Å². The lowest BCUT2D eigenvalue weighted by atomic mass is 10.2. The lowest BCUT2D eigenvalue weighted by Crippen LogP contribution is -2.08. The Balaban J connectivity index is 1.70. The summed E-state index contributed by atoms with van der Waals surface area (Å²) in [6.07, 6.45) is 0. The number of rotatable bonds is 5. The molecule has 0 aliphatic heterocycles. The van der Waals surface area contributed by atoms with E-state index in [9.17, 15) is 4.79 Å². The molecule has 0 saturated carbocycles. The van der Waals surface area contributed by atoms with Crippen molar-refractivity contribution in [1.82, 2.24) is 15.2 Å². The zero-order valence-electron chi connectivity index (χ0n) is 12.4. The van der Waals surface area contributed by atoms with Crippen LogP contribution in [-0.4, -0.2) is 27.8 Å². The SMILES string of the molecule is CCOC(=O)c1ccc(Nc2nc(-c3ccccc3)cs2)nn1. The number of carbonyl (C=O) groups excluding carboxylic acids is 1. The van der Waals surface area contributed by atoms with Gasteiger partial charge in [-0.15, -0.1) is 21.5 Å². The summed E-state index contributed by atoms with van der Waals surface area (Å²) in [6.45, 7) is 2.05. The number of carbonyl (C=O) groups is 1. The number of aromatic nitrogens is 3. The second kappa shape index (κ2) is 6.97. The van der Waals surface area contributed by atoms with Crippen LogP contribution in [0.25, 0.3) is 11.3 Å². The molecule has 0 aliphatic carbocycles. The second-order valence-corrected chi connectivity index (χ2v) is 5.41. The van der Waals surface area contributed by atoms with Gasteiger partial charge in [-0.25, -0.2) is 9.78 Å². The lowest BCUT2D eigenvalue weighted by molar-refractivity contribution is 0.0518. The Morgan fingerprint density at radius 3 is 2.70 bits per heavy atom. The van der Waals surface area contributed by atoms with Crippen LogP contribution in [0.4, 0.5) is 10.9 Å². The van der Waals surface area contributed by atoms with Crippen molar-refractivity contribution in [3.8, 4) is 11.3 Å². The highest BCUT2D eigenvalue weighted by atomic mass is 32.1. The molecule has 0 spiro atoms. The molecule has 0 saturated heterocycles. The summed E-state index contributed by atoms with van der Waals surface area (Å²) in [4.78, 5) is 16.0. The van der Waals surface area contributed by atoms with Crippen molar-refractivity contribution in [2.75, 3.05) is 11.9 Å². The van der Waals surface area contributed by atoms with Crippen molar-refractivity contribution in [2.45, 2.75) is 6.92 Å². The number of hydrogen-bond acceptors (Lipinski definition) is 7. The maximum atomic E-state index is 11.5. The minimum Gasteiger partial charge on any atom is -0.461 e. The van der Waals surface area contributed by atoms with E-state index in [1.54, 1.807) is 19.1 Å². The van der Waals surface area contributed by atoms with Crippen LogP contribution >= 0.6 is 11.3 Å². The average Bonchev–Trinajstić information content (AvgIpc) is 3.05. The summed E-state index contributed by atoms with van der Waals surface area (Å²) >= 11 is 1.48. The van der Waals surface area contributed by atoms with Crippen molar-refractivity contribution in [1.29, 1.82) is 0 Å². The molecule has 0 fully saturated rings. The van der Waals surface area contributed by atoms with E-state index >= 15 is 0 Å². The zero-order valence-corrected chi connectivity index (χ0v) is 13.2. The first-order valence-electron chi connectivity index (χ1n) is 7.05. The smallest absolute Gasteiger partial charge is 0.358 e. The first kappa shape index (κ1) is 15.1. The van der Waals surface area contributed by atoms with Gasteiger partial charge in [-0.1, -0.05) is 30.3 Å². The third-order valence-corrected chi connectivity index (χ3v) is 3.72. The van der Waals surface area contributed by atoms with E-state index in [0.29, 0.717) is 17.6 Å². The number of esters is 1. The summed E-state index contributed by atoms with van der Waals surface area (Å²) in [7, 11) is 0. The van der Waals surface area contributed by atoms with E-state index in [2.05, 4.69) is 20.5 Å². The van der Waals surface area contributed by atoms with E-state index in [1.807, 2.05) is 35.7 Å². The molecule has 3 rings (SSSR count). The Labute approximate surface area is 137 Å². The van der Waals surface area contributed by atoms with Gasteiger partial charge in [0.05, 0.1) is 12.3 Å². The van der Waals surface area contributed by atoms with Gasteiger partial charge in [0.1, 0.15) is 0 Å². The van der Waals surface area contributed by atoms with Crippen LogP contribution in [0.5, 0.6) is 0 Å². The Morgan fingerprint density at radius 1 is 1.17 bits per heavy atom. The fourth-order valence-electron chi connectivity index (χ4n) is 1.90. The quantitative estimate of drug-likeness (QED) is 0.723. The molecule has 0 radical (unpaired) electrons. The molecule has 1 N–H and O–H groups in total. The van der Waals surface area contributed by atoms with E-state index in [1.165, 1.54) is 11.3 Å². The van der Waals surface area contributed by atoms with Crippen LogP contribution in [0.15, 0.2) is 47.8 Å². The number of nitrogens with one attached hydrogen (secondary N) is 1. The Bertz CT molecular complexity index is 787. The van der Waals surface area contributed by atoms with Crippen molar-refractivity contribution < 1.29 is 9.53 Å². The second-order valence-electron chi connectivity index (χ2n) is 4.55. The molecule has 0 unspecified atom stereocenters. The Morgan fingerprint density at radius 2 is 2.00 bits per heavy atom. The van der Waals surface area contributed by atoms with E-state index < -0.39 is 5.97 Å². The molecule has 116 valence electrons. The number of benzene rings is 1. The van der Waals surface area contributed by atoms with E-state index in [4.69, 9.17) is 4.74 Å². The minimum absolute atomic E-state index is 0.182. The van der Waals surface area contributed by atoms with E-state index in [-0.39, 0.29) is 5.69 Å². The van der Waals surface area contributed by atoms with Crippen LogP contribution in [-0.2, 0) is 4.74 Å². The highest BCUT2D eigenvalue weighted by Gasteiger charge is 2.10. The molecular formula is C16H14N4O2S. The molecule has 1 aromatic carbocycles. The van der Waals surface area contributed by atoms with Crippen molar-refractivity contribution in [3.05, 3.63) is 53.5 Å². The maximum Gasteiger partial charge on any atom is 0.358 e. The molecule has 0 amide bonds. The normalized spacial score (nSPS) is 10.3. The predicted octanol–water partition coefficient (Wildman–Crippen LogP) is 3.52. The van der Waals surface area contributed by atoms with Gasteiger partial charge in [-0.05, 0) is 19.1 Å². The molecule has 0 atom stereocenters. The molecule has 2 aromatic heterocycles. The lowest BCUT2D eigenvalue weighted by Gasteiger charge is -2.02. The average molecular weight is 326 g/mol. The molecule has 0 bridgehead atoms. The molecule has 6 nitrogen and oxygen atoms in total.